The molecule has 0 bridgehead atoms. The van der Waals surface area contributed by atoms with E-state index in [-0.39, 0.29) is 11.0 Å². The minimum atomic E-state index is -4.84. The number of benzene rings is 1. The van der Waals surface area contributed by atoms with E-state index < -0.39 is 30.7 Å². The highest BCUT2D eigenvalue weighted by atomic mass is 32.3. The highest BCUT2D eigenvalue weighted by Gasteiger charge is 2.40. The average Bonchev–Trinajstić information content (AvgIpc) is 2.67. The number of sulfonamides is 1. The van der Waals surface area contributed by atoms with Crippen molar-refractivity contribution in [2.24, 2.45) is 0 Å². The first kappa shape index (κ1) is 16.3. The molecular weight excluding hydrogens is 321 g/mol. The van der Waals surface area contributed by atoms with Crippen molar-refractivity contribution in [3.63, 3.8) is 0 Å². The lowest BCUT2D eigenvalue weighted by Gasteiger charge is -2.28. The summed E-state index contributed by atoms with van der Waals surface area (Å²) in [6.07, 6.45) is 0.252. The maximum Gasteiger partial charge on any atom is 0.332 e. The van der Waals surface area contributed by atoms with Gasteiger partial charge in [0.2, 0.25) is 10.0 Å². The predicted octanol–water partition coefficient (Wildman–Crippen LogP) is 1.19. The van der Waals surface area contributed by atoms with E-state index in [9.17, 15) is 20.7 Å². The standard InChI is InChI=1S/C12H16FNO5S2/c1-9-12(2,7-8-19-9)14-21(17,18)11-5-3-10(4-6-11)20(13,15)16/h3-6,9,14H,7-8H2,1-2H3. The summed E-state index contributed by atoms with van der Waals surface area (Å²) < 4.78 is 66.7. The molecule has 1 aromatic carbocycles. The Labute approximate surface area is 123 Å². The number of hydrogen-bond acceptors (Lipinski definition) is 5. The topological polar surface area (TPSA) is 89.5 Å². The molecule has 0 spiro atoms. The van der Waals surface area contributed by atoms with Crippen molar-refractivity contribution in [3.8, 4) is 0 Å². The molecule has 2 atom stereocenters. The van der Waals surface area contributed by atoms with Crippen molar-refractivity contribution in [2.45, 2.75) is 41.7 Å². The number of nitrogens with one attached hydrogen (secondary N) is 1. The molecule has 2 rings (SSSR count). The summed E-state index contributed by atoms with van der Waals surface area (Å²) in [5.74, 6) is 0. The molecule has 2 unspecified atom stereocenters. The predicted molar refractivity (Wildman–Crippen MR) is 73.5 cm³/mol. The van der Waals surface area contributed by atoms with Gasteiger partial charge in [0.1, 0.15) is 0 Å². The Morgan fingerprint density at radius 1 is 1.19 bits per heavy atom. The van der Waals surface area contributed by atoms with Crippen LogP contribution in [0.4, 0.5) is 3.89 Å². The Morgan fingerprint density at radius 3 is 2.14 bits per heavy atom. The fourth-order valence-corrected chi connectivity index (χ4v) is 4.07. The molecule has 0 aliphatic carbocycles. The van der Waals surface area contributed by atoms with Gasteiger partial charge in [-0.05, 0) is 44.5 Å². The maximum atomic E-state index is 12.8. The van der Waals surface area contributed by atoms with Crippen LogP contribution in [0.1, 0.15) is 20.3 Å². The van der Waals surface area contributed by atoms with E-state index in [2.05, 4.69) is 4.72 Å². The lowest BCUT2D eigenvalue weighted by Crippen LogP contribution is -2.50. The van der Waals surface area contributed by atoms with E-state index in [4.69, 9.17) is 4.74 Å². The molecule has 0 aromatic heterocycles. The average molecular weight is 337 g/mol. The Hall–Kier alpha value is -1.03. The van der Waals surface area contributed by atoms with Crippen LogP contribution in [-0.4, -0.2) is 35.1 Å². The van der Waals surface area contributed by atoms with Crippen molar-refractivity contribution < 1.29 is 25.5 Å². The highest BCUT2D eigenvalue weighted by Crippen LogP contribution is 2.27. The monoisotopic (exact) mass is 337 g/mol. The van der Waals surface area contributed by atoms with Gasteiger partial charge >= 0.3 is 10.2 Å². The Balaban J connectivity index is 2.28. The first-order chi connectivity index (χ1) is 9.55. The second kappa shape index (κ2) is 5.31. The summed E-state index contributed by atoms with van der Waals surface area (Å²) >= 11 is 0. The van der Waals surface area contributed by atoms with Gasteiger partial charge in [-0.2, -0.15) is 8.42 Å². The molecule has 21 heavy (non-hydrogen) atoms. The first-order valence-electron chi connectivity index (χ1n) is 6.25. The summed E-state index contributed by atoms with van der Waals surface area (Å²) in [6.45, 7) is 3.97. The van der Waals surface area contributed by atoms with Gasteiger partial charge < -0.3 is 4.74 Å². The van der Waals surface area contributed by atoms with Gasteiger partial charge in [0.15, 0.2) is 0 Å². The molecular formula is C12H16FNO5S2. The third-order valence-electron chi connectivity index (χ3n) is 3.67. The van der Waals surface area contributed by atoms with E-state index in [0.29, 0.717) is 13.0 Å². The van der Waals surface area contributed by atoms with Crippen LogP contribution in [0.2, 0.25) is 0 Å². The van der Waals surface area contributed by atoms with Crippen LogP contribution < -0.4 is 4.72 Å². The second-order valence-electron chi connectivity index (χ2n) is 5.20. The molecule has 6 nitrogen and oxygen atoms in total. The van der Waals surface area contributed by atoms with Gasteiger partial charge in [-0.25, -0.2) is 13.1 Å². The van der Waals surface area contributed by atoms with Crippen LogP contribution in [-0.2, 0) is 25.0 Å². The number of ether oxygens (including phenoxy) is 1. The summed E-state index contributed by atoms with van der Waals surface area (Å²) in [5, 5.41) is 0. The SMILES string of the molecule is CC1OCCC1(C)NS(=O)(=O)c1ccc(S(=O)(=O)F)cc1. The first-order valence-corrected chi connectivity index (χ1v) is 9.12. The van der Waals surface area contributed by atoms with Crippen LogP contribution in [0, 0.1) is 0 Å². The highest BCUT2D eigenvalue weighted by molar-refractivity contribution is 7.89. The van der Waals surface area contributed by atoms with E-state index >= 15 is 0 Å². The third-order valence-corrected chi connectivity index (χ3v) is 6.13. The van der Waals surface area contributed by atoms with Gasteiger partial charge in [-0.1, -0.05) is 0 Å². The van der Waals surface area contributed by atoms with Crippen LogP contribution in [0.15, 0.2) is 34.1 Å². The zero-order valence-electron chi connectivity index (χ0n) is 11.5. The number of halogens is 1. The molecule has 1 fully saturated rings. The van der Waals surface area contributed by atoms with E-state index in [0.717, 1.165) is 24.3 Å². The molecule has 118 valence electrons. The molecule has 1 N–H and O–H groups in total. The summed E-state index contributed by atoms with van der Waals surface area (Å²) in [5.41, 5.74) is -0.732. The minimum absolute atomic E-state index is 0.129. The molecule has 0 saturated carbocycles. The molecule has 1 heterocycles. The van der Waals surface area contributed by atoms with Crippen molar-refractivity contribution >= 4 is 20.2 Å². The zero-order valence-corrected chi connectivity index (χ0v) is 13.2. The van der Waals surface area contributed by atoms with Gasteiger partial charge in [-0.3, -0.25) is 0 Å². The van der Waals surface area contributed by atoms with Crippen LogP contribution in [0.5, 0.6) is 0 Å². The van der Waals surface area contributed by atoms with Gasteiger partial charge in [0.05, 0.1) is 21.4 Å². The minimum Gasteiger partial charge on any atom is -0.376 e. The largest absolute Gasteiger partial charge is 0.376 e. The molecule has 0 radical (unpaired) electrons. The smallest absolute Gasteiger partial charge is 0.332 e. The van der Waals surface area contributed by atoms with Crippen molar-refractivity contribution in [1.29, 1.82) is 0 Å². The summed E-state index contributed by atoms with van der Waals surface area (Å²) in [7, 11) is -8.69. The lowest BCUT2D eigenvalue weighted by molar-refractivity contribution is 0.0957. The number of hydrogen-bond donors (Lipinski definition) is 1. The van der Waals surface area contributed by atoms with E-state index in [1.807, 2.05) is 0 Å². The fraction of sp³-hybridized carbons (Fsp3) is 0.500. The third kappa shape index (κ3) is 3.42. The van der Waals surface area contributed by atoms with E-state index in [1.54, 1.807) is 13.8 Å². The quantitative estimate of drug-likeness (QED) is 0.834. The Bertz CT molecular complexity index is 729. The Morgan fingerprint density at radius 2 is 1.71 bits per heavy atom. The molecule has 0 amide bonds. The van der Waals surface area contributed by atoms with Gasteiger partial charge in [-0.15, -0.1) is 3.89 Å². The fourth-order valence-electron chi connectivity index (χ4n) is 2.12. The number of rotatable bonds is 4. The maximum absolute atomic E-state index is 12.8. The second-order valence-corrected chi connectivity index (χ2v) is 8.22. The van der Waals surface area contributed by atoms with Crippen molar-refractivity contribution in [2.75, 3.05) is 6.61 Å². The van der Waals surface area contributed by atoms with Crippen molar-refractivity contribution in [3.05, 3.63) is 24.3 Å². The lowest BCUT2D eigenvalue weighted by atomic mass is 9.97. The molecule has 1 aliphatic rings. The summed E-state index contributed by atoms with van der Waals surface area (Å²) in [6, 6.07) is 3.94. The van der Waals surface area contributed by atoms with Gasteiger partial charge in [0, 0.05) is 6.61 Å². The molecule has 1 aliphatic heterocycles. The van der Waals surface area contributed by atoms with Crippen LogP contribution in [0.25, 0.3) is 0 Å². The molecule has 1 saturated heterocycles. The van der Waals surface area contributed by atoms with Crippen molar-refractivity contribution in [1.82, 2.24) is 4.72 Å². The zero-order chi connectivity index (χ0) is 15.9. The summed E-state index contributed by atoms with van der Waals surface area (Å²) in [4.78, 5) is -0.708. The normalized spacial score (nSPS) is 26.9. The van der Waals surface area contributed by atoms with Gasteiger partial charge in [0.25, 0.3) is 0 Å². The molecule has 9 heteroatoms. The Kier molecular flexibility index (Phi) is 4.13. The van der Waals surface area contributed by atoms with Crippen LogP contribution in [0.3, 0.4) is 0 Å². The molecule has 1 aromatic rings. The van der Waals surface area contributed by atoms with Crippen LogP contribution >= 0.6 is 0 Å². The van der Waals surface area contributed by atoms with E-state index in [1.165, 1.54) is 0 Å².